The predicted molar refractivity (Wildman–Crippen MR) is 64.3 cm³/mol. The van der Waals surface area contributed by atoms with Crippen molar-refractivity contribution in [2.24, 2.45) is 16.7 Å². The van der Waals surface area contributed by atoms with Crippen LogP contribution in [0.1, 0.15) is 60.3 Å². The molecule has 0 aliphatic heterocycles. The van der Waals surface area contributed by atoms with E-state index in [0.29, 0.717) is 10.8 Å². The first-order valence-electron chi connectivity index (χ1n) is 6.04. The van der Waals surface area contributed by atoms with E-state index in [1.54, 1.807) is 0 Å². The van der Waals surface area contributed by atoms with E-state index in [-0.39, 0.29) is 0 Å². The van der Waals surface area contributed by atoms with Crippen LogP contribution >= 0.6 is 0 Å². The topological polar surface area (TPSA) is 0 Å². The molecule has 2 atom stereocenters. The van der Waals surface area contributed by atoms with Gasteiger partial charge in [-0.3, -0.25) is 0 Å². The van der Waals surface area contributed by atoms with Crippen LogP contribution in [0, 0.1) is 16.7 Å². The predicted octanol–water partition coefficient (Wildman–Crippen LogP) is 4.81. The zero-order chi connectivity index (χ0) is 11.0. The molecule has 0 aromatic rings. The molecule has 0 bridgehead atoms. The zero-order valence-corrected chi connectivity index (χ0v) is 10.6. The number of hydrogen-bond acceptors (Lipinski definition) is 0. The standard InChI is InChI=1S/C14H26/c1-7-12-9-11(3)14(6,8-2)10-13(12,4)5/h12H,3,7-10H2,1-2,4-6H3. The molecule has 0 aromatic heterocycles. The Labute approximate surface area is 89.8 Å². The highest BCUT2D eigenvalue weighted by molar-refractivity contribution is 5.15. The van der Waals surface area contributed by atoms with Gasteiger partial charge in [0, 0.05) is 0 Å². The lowest BCUT2D eigenvalue weighted by Crippen LogP contribution is -2.38. The smallest absolute Gasteiger partial charge is 0.0116 e. The van der Waals surface area contributed by atoms with Gasteiger partial charge in [-0.05, 0) is 36.0 Å². The summed E-state index contributed by atoms with van der Waals surface area (Å²) in [5, 5.41) is 0. The van der Waals surface area contributed by atoms with Gasteiger partial charge >= 0.3 is 0 Å². The van der Waals surface area contributed by atoms with Crippen molar-refractivity contribution in [3.63, 3.8) is 0 Å². The summed E-state index contributed by atoms with van der Waals surface area (Å²) in [4.78, 5) is 0. The van der Waals surface area contributed by atoms with Crippen molar-refractivity contribution in [1.29, 1.82) is 0 Å². The molecule has 0 heterocycles. The minimum atomic E-state index is 0.398. The normalized spacial score (nSPS) is 37.2. The lowest BCUT2D eigenvalue weighted by atomic mass is 9.56. The number of allylic oxidation sites excluding steroid dienone is 1. The van der Waals surface area contributed by atoms with Crippen LogP contribution in [0.3, 0.4) is 0 Å². The summed E-state index contributed by atoms with van der Waals surface area (Å²) in [6.45, 7) is 16.2. The van der Waals surface area contributed by atoms with Crippen LogP contribution in [0.4, 0.5) is 0 Å². The fourth-order valence-electron chi connectivity index (χ4n) is 3.17. The monoisotopic (exact) mass is 194 g/mol. The highest BCUT2D eigenvalue weighted by atomic mass is 14.5. The molecule has 0 amide bonds. The van der Waals surface area contributed by atoms with Gasteiger partial charge in [-0.15, -0.1) is 0 Å². The summed E-state index contributed by atoms with van der Waals surface area (Å²) in [6, 6.07) is 0. The Morgan fingerprint density at radius 1 is 1.29 bits per heavy atom. The van der Waals surface area contributed by atoms with E-state index in [2.05, 4.69) is 41.2 Å². The van der Waals surface area contributed by atoms with Gasteiger partial charge < -0.3 is 0 Å². The Morgan fingerprint density at radius 2 is 1.86 bits per heavy atom. The molecule has 1 fully saturated rings. The SMILES string of the molecule is C=C1CC(CC)C(C)(C)CC1(C)CC. The maximum atomic E-state index is 4.30. The van der Waals surface area contributed by atoms with Crippen molar-refractivity contribution in [2.75, 3.05) is 0 Å². The second-order valence-electron chi connectivity index (χ2n) is 5.99. The molecule has 2 unspecified atom stereocenters. The van der Waals surface area contributed by atoms with E-state index in [1.165, 1.54) is 31.3 Å². The fourth-order valence-corrected chi connectivity index (χ4v) is 3.17. The van der Waals surface area contributed by atoms with E-state index >= 15 is 0 Å². The van der Waals surface area contributed by atoms with Crippen molar-refractivity contribution >= 4 is 0 Å². The van der Waals surface area contributed by atoms with Crippen molar-refractivity contribution in [3.8, 4) is 0 Å². The summed E-state index contributed by atoms with van der Waals surface area (Å²) in [5.74, 6) is 0.842. The first-order valence-corrected chi connectivity index (χ1v) is 6.04. The van der Waals surface area contributed by atoms with Crippen LogP contribution < -0.4 is 0 Å². The molecule has 1 rings (SSSR count). The van der Waals surface area contributed by atoms with Gasteiger partial charge in [0.25, 0.3) is 0 Å². The van der Waals surface area contributed by atoms with E-state index in [4.69, 9.17) is 0 Å². The van der Waals surface area contributed by atoms with E-state index in [1.807, 2.05) is 0 Å². The highest BCUT2D eigenvalue weighted by Gasteiger charge is 2.42. The molecule has 82 valence electrons. The summed E-state index contributed by atoms with van der Waals surface area (Å²) in [6.07, 6.45) is 5.10. The van der Waals surface area contributed by atoms with E-state index in [9.17, 15) is 0 Å². The molecule has 0 aromatic carbocycles. The van der Waals surface area contributed by atoms with E-state index < -0.39 is 0 Å². The van der Waals surface area contributed by atoms with Gasteiger partial charge in [-0.2, -0.15) is 0 Å². The van der Waals surface area contributed by atoms with Gasteiger partial charge in [0.05, 0.1) is 0 Å². The first-order chi connectivity index (χ1) is 6.35. The average Bonchev–Trinajstić information content (AvgIpc) is 2.10. The Hall–Kier alpha value is -0.260. The van der Waals surface area contributed by atoms with Crippen molar-refractivity contribution in [1.82, 2.24) is 0 Å². The van der Waals surface area contributed by atoms with E-state index in [0.717, 1.165) is 5.92 Å². The number of hydrogen-bond donors (Lipinski definition) is 0. The summed E-state index contributed by atoms with van der Waals surface area (Å²) < 4.78 is 0. The minimum Gasteiger partial charge on any atom is -0.0993 e. The Morgan fingerprint density at radius 3 is 2.29 bits per heavy atom. The summed E-state index contributed by atoms with van der Waals surface area (Å²) in [5.41, 5.74) is 2.39. The van der Waals surface area contributed by atoms with Crippen LogP contribution in [0.15, 0.2) is 12.2 Å². The summed E-state index contributed by atoms with van der Waals surface area (Å²) in [7, 11) is 0. The van der Waals surface area contributed by atoms with Crippen LogP contribution in [-0.4, -0.2) is 0 Å². The molecular weight excluding hydrogens is 168 g/mol. The van der Waals surface area contributed by atoms with Gasteiger partial charge in [-0.25, -0.2) is 0 Å². The van der Waals surface area contributed by atoms with Crippen molar-refractivity contribution in [3.05, 3.63) is 12.2 Å². The van der Waals surface area contributed by atoms with Gasteiger partial charge in [0.15, 0.2) is 0 Å². The zero-order valence-electron chi connectivity index (χ0n) is 10.6. The molecular formula is C14H26. The molecule has 1 saturated carbocycles. The highest BCUT2D eigenvalue weighted by Crippen LogP contribution is 2.53. The van der Waals surface area contributed by atoms with Crippen LogP contribution in [-0.2, 0) is 0 Å². The van der Waals surface area contributed by atoms with Crippen LogP contribution in [0.2, 0.25) is 0 Å². The summed E-state index contributed by atoms with van der Waals surface area (Å²) >= 11 is 0. The Bertz CT molecular complexity index is 224. The third-order valence-corrected chi connectivity index (χ3v) is 4.57. The van der Waals surface area contributed by atoms with Crippen molar-refractivity contribution in [2.45, 2.75) is 60.3 Å². The Kier molecular flexibility index (Phi) is 3.13. The molecule has 0 saturated heterocycles. The molecule has 14 heavy (non-hydrogen) atoms. The lowest BCUT2D eigenvalue weighted by Gasteiger charge is -2.49. The third-order valence-electron chi connectivity index (χ3n) is 4.57. The lowest BCUT2D eigenvalue weighted by molar-refractivity contribution is 0.0796. The number of rotatable bonds is 2. The largest absolute Gasteiger partial charge is 0.0993 e. The molecule has 0 heteroatoms. The molecule has 0 nitrogen and oxygen atoms in total. The molecule has 1 aliphatic rings. The van der Waals surface area contributed by atoms with Gasteiger partial charge in [-0.1, -0.05) is 53.2 Å². The van der Waals surface area contributed by atoms with Crippen LogP contribution in [0.25, 0.3) is 0 Å². The maximum absolute atomic E-state index is 4.30. The quantitative estimate of drug-likeness (QED) is 0.554. The second kappa shape index (κ2) is 3.72. The molecule has 1 aliphatic carbocycles. The van der Waals surface area contributed by atoms with Gasteiger partial charge in [0.1, 0.15) is 0 Å². The van der Waals surface area contributed by atoms with Crippen molar-refractivity contribution < 1.29 is 0 Å². The van der Waals surface area contributed by atoms with Crippen LogP contribution in [0.5, 0.6) is 0 Å². The minimum absolute atomic E-state index is 0.398. The molecule has 0 radical (unpaired) electrons. The third kappa shape index (κ3) is 1.89. The molecule has 0 N–H and O–H groups in total. The fraction of sp³-hybridized carbons (Fsp3) is 0.857. The first kappa shape index (κ1) is 11.8. The van der Waals surface area contributed by atoms with Gasteiger partial charge in [0.2, 0.25) is 0 Å². The second-order valence-corrected chi connectivity index (χ2v) is 5.99. The average molecular weight is 194 g/mol. The Balaban J connectivity index is 2.88. The molecule has 0 spiro atoms. The maximum Gasteiger partial charge on any atom is -0.0116 e.